The summed E-state index contributed by atoms with van der Waals surface area (Å²) >= 11 is 11.8. The van der Waals surface area contributed by atoms with Gasteiger partial charge in [0.15, 0.2) is 9.84 Å². The summed E-state index contributed by atoms with van der Waals surface area (Å²) in [4.78, 5) is 12.1. The predicted octanol–water partition coefficient (Wildman–Crippen LogP) is 2.93. The molecular weight excluding hydrogens is 421 g/mol. The lowest BCUT2D eigenvalue weighted by atomic mass is 10.1. The summed E-state index contributed by atoms with van der Waals surface area (Å²) in [5.41, 5.74) is 1.56. The molecule has 2 N–H and O–H groups in total. The van der Waals surface area contributed by atoms with Crippen molar-refractivity contribution in [2.24, 2.45) is 0 Å². The summed E-state index contributed by atoms with van der Waals surface area (Å²) in [7, 11) is -3.75. The van der Waals surface area contributed by atoms with Crippen molar-refractivity contribution in [1.29, 1.82) is 5.26 Å². The molecule has 0 aliphatic carbocycles. The zero-order chi connectivity index (χ0) is 20.7. The van der Waals surface area contributed by atoms with Crippen LogP contribution < -0.4 is 10.6 Å². The number of benzene rings is 2. The van der Waals surface area contributed by atoms with Crippen molar-refractivity contribution in [2.75, 3.05) is 12.4 Å². The van der Waals surface area contributed by atoms with Crippen LogP contribution in [-0.2, 0) is 21.1 Å². The van der Waals surface area contributed by atoms with Crippen LogP contribution in [0.25, 0.3) is 0 Å². The first-order valence-corrected chi connectivity index (χ1v) is 10.8. The lowest BCUT2D eigenvalue weighted by Gasteiger charge is -2.15. The Morgan fingerprint density at radius 1 is 1.18 bits per heavy atom. The molecular formula is C19H19Cl2N3O3S. The molecule has 148 valence electrons. The van der Waals surface area contributed by atoms with Gasteiger partial charge in [0.25, 0.3) is 0 Å². The second kappa shape index (κ2) is 9.89. The number of nitrogens with zero attached hydrogens (tertiary/aromatic N) is 1. The van der Waals surface area contributed by atoms with Gasteiger partial charge in [0.2, 0.25) is 5.91 Å². The van der Waals surface area contributed by atoms with Gasteiger partial charge in [-0.2, -0.15) is 5.26 Å². The van der Waals surface area contributed by atoms with Gasteiger partial charge in [-0.3, -0.25) is 10.1 Å². The molecule has 0 aliphatic heterocycles. The highest BCUT2D eigenvalue weighted by Gasteiger charge is 2.22. The Kier molecular flexibility index (Phi) is 7.84. The number of nitrogens with one attached hydrogen (secondary N) is 2. The van der Waals surface area contributed by atoms with Gasteiger partial charge in [-0.15, -0.1) is 0 Å². The van der Waals surface area contributed by atoms with Gasteiger partial charge in [0.05, 0.1) is 32.6 Å². The highest BCUT2D eigenvalue weighted by Crippen LogP contribution is 2.29. The number of nitriles is 1. The molecule has 0 spiro atoms. The van der Waals surface area contributed by atoms with E-state index in [0.717, 1.165) is 5.56 Å². The van der Waals surface area contributed by atoms with Crippen LogP contribution in [0, 0.1) is 11.3 Å². The van der Waals surface area contributed by atoms with E-state index in [2.05, 4.69) is 10.6 Å². The van der Waals surface area contributed by atoms with Crippen LogP contribution >= 0.6 is 23.2 Å². The van der Waals surface area contributed by atoms with Gasteiger partial charge in [-0.1, -0.05) is 41.4 Å². The van der Waals surface area contributed by atoms with E-state index in [9.17, 15) is 13.2 Å². The fourth-order valence-corrected chi connectivity index (χ4v) is 4.36. The van der Waals surface area contributed by atoms with E-state index in [1.807, 2.05) is 18.2 Å². The molecule has 0 saturated heterocycles. The summed E-state index contributed by atoms with van der Waals surface area (Å²) < 4.78 is 24.8. The Morgan fingerprint density at radius 3 is 2.50 bits per heavy atom. The third-order valence-electron chi connectivity index (χ3n) is 4.02. The van der Waals surface area contributed by atoms with E-state index in [1.54, 1.807) is 19.1 Å². The average molecular weight is 440 g/mol. The van der Waals surface area contributed by atoms with E-state index in [1.165, 1.54) is 18.2 Å². The summed E-state index contributed by atoms with van der Waals surface area (Å²) in [5, 5.41) is 14.3. The second-order valence-electron chi connectivity index (χ2n) is 6.09. The van der Waals surface area contributed by atoms with Crippen LogP contribution in [0.4, 0.5) is 0 Å². The topological polar surface area (TPSA) is 99.1 Å². The molecule has 2 rings (SSSR count). The second-order valence-corrected chi connectivity index (χ2v) is 8.83. The van der Waals surface area contributed by atoms with Gasteiger partial charge in [-0.25, -0.2) is 8.42 Å². The van der Waals surface area contributed by atoms with Gasteiger partial charge >= 0.3 is 0 Å². The maximum Gasteiger partial charge on any atom is 0.236 e. The molecule has 0 bridgehead atoms. The minimum atomic E-state index is -3.75. The molecule has 28 heavy (non-hydrogen) atoms. The van der Waals surface area contributed by atoms with Crippen LogP contribution in [0.3, 0.4) is 0 Å². The van der Waals surface area contributed by atoms with Crippen LogP contribution in [0.1, 0.15) is 18.1 Å². The van der Waals surface area contributed by atoms with E-state index < -0.39 is 21.8 Å². The minimum absolute atomic E-state index is 0.0366. The van der Waals surface area contributed by atoms with Crippen molar-refractivity contribution < 1.29 is 13.2 Å². The minimum Gasteiger partial charge on any atom is -0.354 e. The SMILES string of the molecule is CC(NCS(=O)(=O)c1cccc(Cl)c1Cl)C(=O)NCCc1ccc(C#N)cc1. The predicted molar refractivity (Wildman–Crippen MR) is 109 cm³/mol. The zero-order valence-electron chi connectivity index (χ0n) is 15.1. The van der Waals surface area contributed by atoms with E-state index in [0.29, 0.717) is 18.5 Å². The summed E-state index contributed by atoms with van der Waals surface area (Å²) in [5.74, 6) is -0.766. The lowest BCUT2D eigenvalue weighted by Crippen LogP contribution is -2.44. The van der Waals surface area contributed by atoms with Crippen molar-refractivity contribution in [2.45, 2.75) is 24.3 Å². The summed E-state index contributed by atoms with van der Waals surface area (Å²) in [6.45, 7) is 1.97. The molecule has 2 aromatic carbocycles. The standard InChI is InChI=1S/C19H19Cl2N3O3S/c1-13(19(25)23-10-9-14-5-7-15(11-22)8-6-14)24-12-28(26,27)17-4-2-3-16(20)18(17)21/h2-8,13,24H,9-10,12H2,1H3,(H,23,25). The highest BCUT2D eigenvalue weighted by atomic mass is 35.5. The smallest absolute Gasteiger partial charge is 0.236 e. The maximum absolute atomic E-state index is 12.4. The Labute approximate surface area is 174 Å². The number of hydrogen-bond acceptors (Lipinski definition) is 5. The Bertz CT molecular complexity index is 986. The fraction of sp³-hybridized carbons (Fsp3) is 0.263. The Balaban J connectivity index is 1.84. The number of hydrogen-bond donors (Lipinski definition) is 2. The van der Waals surface area contributed by atoms with Crippen LogP contribution in [-0.4, -0.2) is 32.8 Å². The molecule has 0 saturated carbocycles. The highest BCUT2D eigenvalue weighted by molar-refractivity contribution is 7.91. The first kappa shape index (κ1) is 22.2. The fourth-order valence-electron chi connectivity index (χ4n) is 2.36. The number of rotatable bonds is 8. The lowest BCUT2D eigenvalue weighted by molar-refractivity contribution is -0.122. The van der Waals surface area contributed by atoms with Crippen molar-refractivity contribution in [1.82, 2.24) is 10.6 Å². The first-order valence-electron chi connectivity index (χ1n) is 8.41. The van der Waals surface area contributed by atoms with Crippen molar-refractivity contribution in [3.63, 3.8) is 0 Å². The van der Waals surface area contributed by atoms with Gasteiger partial charge in [-0.05, 0) is 43.2 Å². The average Bonchev–Trinajstić information content (AvgIpc) is 2.68. The number of halogens is 2. The van der Waals surface area contributed by atoms with Crippen LogP contribution in [0.15, 0.2) is 47.4 Å². The van der Waals surface area contributed by atoms with Crippen LogP contribution in [0.5, 0.6) is 0 Å². The van der Waals surface area contributed by atoms with Gasteiger partial charge in [0.1, 0.15) is 5.88 Å². The van der Waals surface area contributed by atoms with E-state index in [-0.39, 0.29) is 20.8 Å². The number of carbonyl (C=O) groups is 1. The van der Waals surface area contributed by atoms with Crippen LogP contribution in [0.2, 0.25) is 10.0 Å². The van der Waals surface area contributed by atoms with Gasteiger partial charge < -0.3 is 5.32 Å². The van der Waals surface area contributed by atoms with E-state index in [4.69, 9.17) is 28.5 Å². The molecule has 0 aromatic heterocycles. The number of amides is 1. The molecule has 0 radical (unpaired) electrons. The van der Waals surface area contributed by atoms with Gasteiger partial charge in [0, 0.05) is 6.54 Å². The summed E-state index contributed by atoms with van der Waals surface area (Å²) in [6, 6.07) is 12.8. The molecule has 9 heteroatoms. The monoisotopic (exact) mass is 439 g/mol. The summed E-state index contributed by atoms with van der Waals surface area (Å²) in [6.07, 6.45) is 0.598. The molecule has 2 aromatic rings. The molecule has 0 fully saturated rings. The normalized spacial score (nSPS) is 12.2. The molecule has 1 amide bonds. The Hall–Kier alpha value is -2.11. The van der Waals surface area contributed by atoms with Crippen molar-refractivity contribution in [3.8, 4) is 6.07 Å². The maximum atomic E-state index is 12.4. The number of carbonyl (C=O) groups excluding carboxylic acids is 1. The van der Waals surface area contributed by atoms with Crippen molar-refractivity contribution in [3.05, 3.63) is 63.6 Å². The number of sulfone groups is 1. The molecule has 0 heterocycles. The van der Waals surface area contributed by atoms with Crippen molar-refractivity contribution >= 4 is 38.9 Å². The molecule has 1 atom stereocenters. The zero-order valence-corrected chi connectivity index (χ0v) is 17.4. The Morgan fingerprint density at radius 2 is 1.86 bits per heavy atom. The first-order chi connectivity index (χ1) is 13.2. The quantitative estimate of drug-likeness (QED) is 0.658. The largest absolute Gasteiger partial charge is 0.354 e. The molecule has 0 aliphatic rings. The van der Waals surface area contributed by atoms with E-state index >= 15 is 0 Å². The third-order valence-corrected chi connectivity index (χ3v) is 6.51. The third kappa shape index (κ3) is 5.94. The molecule has 1 unspecified atom stereocenters. The molecule has 6 nitrogen and oxygen atoms in total.